The van der Waals surface area contributed by atoms with Crippen LogP contribution < -0.4 is 0 Å². The van der Waals surface area contributed by atoms with Crippen molar-refractivity contribution in [2.24, 2.45) is 5.92 Å². The van der Waals surface area contributed by atoms with Crippen LogP contribution in [0, 0.1) is 15.4 Å². The lowest BCUT2D eigenvalue weighted by Gasteiger charge is -2.01. The molecule has 3 rings (SSSR count). The molecule has 7 heteroatoms. The summed E-state index contributed by atoms with van der Waals surface area (Å²) in [7, 11) is 0. The molecule has 0 unspecified atom stereocenters. The molecule has 3 aromatic heterocycles. The number of nitrogens with one attached hydrogen (secondary N) is 1. The SMILES string of the molecule is CC(C)Cc1nn(-c2ccn[nH]2)c2nc(F)cc(I)c12. The fourth-order valence-electron chi connectivity index (χ4n) is 2.18. The number of rotatable bonds is 3. The van der Waals surface area contributed by atoms with Crippen molar-refractivity contribution in [2.75, 3.05) is 0 Å². The highest BCUT2D eigenvalue weighted by Gasteiger charge is 2.18. The number of aromatic nitrogens is 5. The molecule has 0 atom stereocenters. The number of aromatic amines is 1. The largest absolute Gasteiger partial charge is 0.261 e. The lowest BCUT2D eigenvalue weighted by Crippen LogP contribution is -2.00. The molecule has 0 fully saturated rings. The van der Waals surface area contributed by atoms with Crippen LogP contribution in [0.5, 0.6) is 0 Å². The van der Waals surface area contributed by atoms with Crippen LogP contribution in [0.4, 0.5) is 4.39 Å². The predicted octanol–water partition coefficient (Wildman–Crippen LogP) is 3.09. The van der Waals surface area contributed by atoms with Crippen molar-refractivity contribution in [3.63, 3.8) is 0 Å². The number of fused-ring (bicyclic) bond motifs is 1. The summed E-state index contributed by atoms with van der Waals surface area (Å²) < 4.78 is 16.0. The molecule has 0 amide bonds. The normalized spacial score (nSPS) is 11.7. The fourth-order valence-corrected chi connectivity index (χ4v) is 2.98. The first-order valence-electron chi connectivity index (χ1n) is 6.29. The van der Waals surface area contributed by atoms with Gasteiger partial charge in [0.1, 0.15) is 0 Å². The van der Waals surface area contributed by atoms with Crippen molar-refractivity contribution < 1.29 is 4.39 Å². The van der Waals surface area contributed by atoms with Gasteiger partial charge in [-0.2, -0.15) is 24.3 Å². The summed E-state index contributed by atoms with van der Waals surface area (Å²) in [6.07, 6.45) is 2.45. The maximum Gasteiger partial charge on any atom is 0.215 e. The maximum absolute atomic E-state index is 13.6. The molecule has 0 bridgehead atoms. The monoisotopic (exact) mass is 385 g/mol. The van der Waals surface area contributed by atoms with Gasteiger partial charge in [-0.15, -0.1) is 0 Å². The molecule has 0 radical (unpaired) electrons. The van der Waals surface area contributed by atoms with Crippen LogP contribution in [-0.4, -0.2) is 25.0 Å². The van der Waals surface area contributed by atoms with Crippen LogP contribution in [-0.2, 0) is 6.42 Å². The average molecular weight is 385 g/mol. The minimum Gasteiger partial charge on any atom is -0.261 e. The molecule has 1 N–H and O–H groups in total. The van der Waals surface area contributed by atoms with Gasteiger partial charge in [-0.3, -0.25) is 5.10 Å². The van der Waals surface area contributed by atoms with E-state index < -0.39 is 5.95 Å². The van der Waals surface area contributed by atoms with Crippen LogP contribution >= 0.6 is 22.6 Å². The Labute approximate surface area is 128 Å². The van der Waals surface area contributed by atoms with Gasteiger partial charge in [0, 0.05) is 15.7 Å². The van der Waals surface area contributed by atoms with Crippen LogP contribution in [0.1, 0.15) is 19.5 Å². The standard InChI is InChI=1S/C13H13FIN5/c1-7(2)5-9-12-8(15)6-10(14)17-13(12)20(19-9)11-3-4-16-18-11/h3-4,6-7H,5H2,1-2H3,(H,16,18). The summed E-state index contributed by atoms with van der Waals surface area (Å²) in [6, 6.07) is 3.22. The second kappa shape index (κ2) is 5.12. The third-order valence-electron chi connectivity index (χ3n) is 2.95. The molecular formula is C13H13FIN5. The van der Waals surface area contributed by atoms with Gasteiger partial charge in [0.2, 0.25) is 5.95 Å². The second-order valence-corrected chi connectivity index (χ2v) is 6.19. The van der Waals surface area contributed by atoms with Crippen molar-refractivity contribution in [3.05, 3.63) is 33.5 Å². The molecule has 0 spiro atoms. The summed E-state index contributed by atoms with van der Waals surface area (Å²) in [6.45, 7) is 4.26. The minimum absolute atomic E-state index is 0.462. The average Bonchev–Trinajstić information content (AvgIpc) is 2.95. The number of pyridine rings is 1. The van der Waals surface area contributed by atoms with Gasteiger partial charge in [-0.25, -0.2) is 0 Å². The summed E-state index contributed by atoms with van der Waals surface area (Å²) in [5.41, 5.74) is 1.45. The Hall–Kier alpha value is -1.51. The van der Waals surface area contributed by atoms with E-state index in [1.807, 2.05) is 0 Å². The van der Waals surface area contributed by atoms with Gasteiger partial charge in [-0.1, -0.05) is 13.8 Å². The van der Waals surface area contributed by atoms with Crippen LogP contribution in [0.2, 0.25) is 0 Å². The molecule has 20 heavy (non-hydrogen) atoms. The van der Waals surface area contributed by atoms with Crippen molar-refractivity contribution in [3.8, 4) is 5.82 Å². The van der Waals surface area contributed by atoms with Crippen molar-refractivity contribution in [1.29, 1.82) is 0 Å². The molecular weight excluding hydrogens is 372 g/mol. The van der Waals surface area contributed by atoms with E-state index in [9.17, 15) is 4.39 Å². The number of H-pyrrole nitrogens is 1. The van der Waals surface area contributed by atoms with Crippen molar-refractivity contribution in [2.45, 2.75) is 20.3 Å². The summed E-state index contributed by atoms with van der Waals surface area (Å²) in [4.78, 5) is 4.00. The first-order valence-corrected chi connectivity index (χ1v) is 7.37. The van der Waals surface area contributed by atoms with E-state index in [1.54, 1.807) is 16.9 Å². The zero-order chi connectivity index (χ0) is 14.3. The first-order chi connectivity index (χ1) is 9.56. The summed E-state index contributed by atoms with van der Waals surface area (Å²) in [5.74, 6) is 0.640. The van der Waals surface area contributed by atoms with E-state index in [1.165, 1.54) is 6.07 Å². The topological polar surface area (TPSA) is 59.4 Å². The third-order valence-corrected chi connectivity index (χ3v) is 3.80. The number of halogens is 2. The zero-order valence-electron chi connectivity index (χ0n) is 11.1. The van der Waals surface area contributed by atoms with E-state index in [0.717, 1.165) is 21.1 Å². The van der Waals surface area contributed by atoms with Crippen LogP contribution in [0.3, 0.4) is 0 Å². The molecule has 0 saturated heterocycles. The van der Waals surface area contributed by atoms with Gasteiger partial charge in [0.15, 0.2) is 11.5 Å². The Morgan fingerprint density at radius 3 is 2.90 bits per heavy atom. The Morgan fingerprint density at radius 2 is 2.25 bits per heavy atom. The number of hydrogen-bond acceptors (Lipinski definition) is 3. The van der Waals surface area contributed by atoms with E-state index in [2.05, 4.69) is 56.7 Å². The lowest BCUT2D eigenvalue weighted by atomic mass is 10.1. The second-order valence-electron chi connectivity index (χ2n) is 5.02. The van der Waals surface area contributed by atoms with Gasteiger partial charge < -0.3 is 0 Å². The Balaban J connectivity index is 2.30. The highest BCUT2D eigenvalue weighted by Crippen LogP contribution is 2.27. The summed E-state index contributed by atoms with van der Waals surface area (Å²) in [5, 5.41) is 12.2. The van der Waals surface area contributed by atoms with Gasteiger partial charge in [-0.05, 0) is 34.9 Å². The highest BCUT2D eigenvalue weighted by atomic mass is 127. The highest BCUT2D eigenvalue weighted by molar-refractivity contribution is 14.1. The van der Waals surface area contributed by atoms with Crippen LogP contribution in [0.15, 0.2) is 18.3 Å². The smallest absolute Gasteiger partial charge is 0.215 e. The van der Waals surface area contributed by atoms with Crippen LogP contribution in [0.25, 0.3) is 16.9 Å². The molecule has 0 aliphatic heterocycles. The van der Waals surface area contributed by atoms with Gasteiger partial charge in [0.05, 0.1) is 17.3 Å². The molecule has 0 aliphatic carbocycles. The molecule has 0 aliphatic rings. The van der Waals surface area contributed by atoms with Gasteiger partial charge in [0.25, 0.3) is 0 Å². The Morgan fingerprint density at radius 1 is 1.45 bits per heavy atom. The Kier molecular flexibility index (Phi) is 3.45. The molecule has 0 aromatic carbocycles. The minimum atomic E-state index is -0.501. The third kappa shape index (κ3) is 2.30. The number of hydrogen-bond donors (Lipinski definition) is 1. The van der Waals surface area contributed by atoms with E-state index >= 15 is 0 Å². The maximum atomic E-state index is 13.6. The number of nitrogens with zero attached hydrogens (tertiary/aromatic N) is 4. The predicted molar refractivity (Wildman–Crippen MR) is 82.2 cm³/mol. The first kappa shape index (κ1) is 13.5. The molecule has 0 saturated carbocycles. The quantitative estimate of drug-likeness (QED) is 0.557. The fraction of sp³-hybridized carbons (Fsp3) is 0.308. The molecule has 104 valence electrons. The molecule has 3 aromatic rings. The van der Waals surface area contributed by atoms with E-state index in [-0.39, 0.29) is 0 Å². The van der Waals surface area contributed by atoms with Gasteiger partial charge >= 0.3 is 0 Å². The molecule has 5 nitrogen and oxygen atoms in total. The van der Waals surface area contributed by atoms with Crippen molar-refractivity contribution in [1.82, 2.24) is 25.0 Å². The Bertz CT molecular complexity index is 748. The lowest BCUT2D eigenvalue weighted by molar-refractivity contribution is 0.585. The van der Waals surface area contributed by atoms with E-state index in [4.69, 9.17) is 0 Å². The molecule has 3 heterocycles. The summed E-state index contributed by atoms with van der Waals surface area (Å²) >= 11 is 2.13. The zero-order valence-corrected chi connectivity index (χ0v) is 13.2. The van der Waals surface area contributed by atoms with Crippen molar-refractivity contribution >= 4 is 33.6 Å². The van der Waals surface area contributed by atoms with E-state index in [0.29, 0.717) is 17.4 Å².